The number of para-hydroxylation sites is 2. The van der Waals surface area contributed by atoms with Gasteiger partial charge < -0.3 is 0 Å². The van der Waals surface area contributed by atoms with Crippen LogP contribution in [0.4, 0.5) is 11.4 Å². The van der Waals surface area contributed by atoms with Crippen LogP contribution in [0.25, 0.3) is 11.1 Å². The minimum absolute atomic E-state index is 0.0220. The molecule has 2 N–H and O–H groups in total. The van der Waals surface area contributed by atoms with Crippen molar-refractivity contribution >= 4 is 31.4 Å². The lowest BCUT2D eigenvalue weighted by Crippen LogP contribution is -2.16. The van der Waals surface area contributed by atoms with Crippen LogP contribution in [0.1, 0.15) is 0 Å². The molecular formula is C24H20N2O4S2. The van der Waals surface area contributed by atoms with Crippen molar-refractivity contribution in [3.63, 3.8) is 0 Å². The molecule has 32 heavy (non-hydrogen) atoms. The molecule has 0 unspecified atom stereocenters. The van der Waals surface area contributed by atoms with Crippen LogP contribution < -0.4 is 9.44 Å². The number of rotatable bonds is 7. The second kappa shape index (κ2) is 8.86. The smallest absolute Gasteiger partial charge is 0.262 e. The summed E-state index contributed by atoms with van der Waals surface area (Å²) in [5, 5.41) is 0. The average molecular weight is 465 g/mol. The van der Waals surface area contributed by atoms with Gasteiger partial charge in [0.25, 0.3) is 20.0 Å². The van der Waals surface area contributed by atoms with Gasteiger partial charge in [0.15, 0.2) is 0 Å². The lowest BCUT2D eigenvalue weighted by Gasteiger charge is -2.16. The molecule has 0 aliphatic heterocycles. The molecule has 0 saturated heterocycles. The number of anilines is 2. The van der Waals surface area contributed by atoms with Gasteiger partial charge in [-0.05, 0) is 36.4 Å². The molecule has 4 aromatic rings. The van der Waals surface area contributed by atoms with Crippen LogP contribution in [0.15, 0.2) is 119 Å². The zero-order valence-corrected chi connectivity index (χ0v) is 18.5. The first-order valence-corrected chi connectivity index (χ1v) is 12.7. The van der Waals surface area contributed by atoms with Crippen LogP contribution in [-0.2, 0) is 20.0 Å². The summed E-state index contributed by atoms with van der Waals surface area (Å²) in [5.74, 6) is 0. The van der Waals surface area contributed by atoms with Crippen LogP contribution in [0.2, 0.25) is 0 Å². The third-order valence-electron chi connectivity index (χ3n) is 4.70. The molecule has 162 valence electrons. The summed E-state index contributed by atoms with van der Waals surface area (Å²) < 4.78 is 57.8. The number of hydrogen-bond donors (Lipinski definition) is 2. The number of nitrogens with one attached hydrogen (secondary N) is 2. The molecule has 0 amide bonds. The van der Waals surface area contributed by atoms with Crippen LogP contribution >= 0.6 is 0 Å². The van der Waals surface area contributed by atoms with E-state index in [1.807, 2.05) is 0 Å². The number of benzene rings is 4. The molecular weight excluding hydrogens is 444 g/mol. The van der Waals surface area contributed by atoms with Gasteiger partial charge >= 0.3 is 0 Å². The normalized spacial score (nSPS) is 11.6. The summed E-state index contributed by atoms with van der Waals surface area (Å²) in [7, 11) is -7.96. The van der Waals surface area contributed by atoms with Crippen molar-refractivity contribution in [2.45, 2.75) is 9.79 Å². The Hall–Kier alpha value is -3.62. The van der Waals surface area contributed by atoms with Crippen molar-refractivity contribution in [1.82, 2.24) is 0 Å². The third kappa shape index (κ3) is 4.66. The van der Waals surface area contributed by atoms with Crippen LogP contribution in [-0.4, -0.2) is 16.8 Å². The molecule has 0 aromatic heterocycles. The Morgan fingerprint density at radius 2 is 0.719 bits per heavy atom. The van der Waals surface area contributed by atoms with Gasteiger partial charge in [-0.25, -0.2) is 16.8 Å². The number of sulfonamides is 2. The van der Waals surface area contributed by atoms with Crippen molar-refractivity contribution in [3.05, 3.63) is 109 Å². The summed E-state index contributed by atoms with van der Waals surface area (Å²) in [5.41, 5.74) is 1.39. The molecule has 0 bridgehead atoms. The monoisotopic (exact) mass is 464 g/mol. The average Bonchev–Trinajstić information content (AvgIpc) is 2.80. The second-order valence-corrected chi connectivity index (χ2v) is 10.2. The van der Waals surface area contributed by atoms with Gasteiger partial charge in [-0.15, -0.1) is 0 Å². The van der Waals surface area contributed by atoms with Gasteiger partial charge in [0.1, 0.15) is 0 Å². The van der Waals surface area contributed by atoms with E-state index in [0.29, 0.717) is 11.4 Å². The van der Waals surface area contributed by atoms with Crippen molar-refractivity contribution < 1.29 is 16.8 Å². The van der Waals surface area contributed by atoms with E-state index in [9.17, 15) is 16.8 Å². The standard InChI is InChI=1S/C24H20N2O4S2/c27-31(28,25-19-11-3-1-4-12-19)23-17-9-7-15-21(23)22-16-8-10-18-24(22)32(29,30)26-20-13-5-2-6-14-20/h1-18,25-26H. The van der Waals surface area contributed by atoms with E-state index < -0.39 is 20.0 Å². The Balaban J connectivity index is 1.80. The predicted molar refractivity (Wildman–Crippen MR) is 126 cm³/mol. The molecule has 0 saturated carbocycles. The highest BCUT2D eigenvalue weighted by atomic mass is 32.2. The minimum Gasteiger partial charge on any atom is -0.280 e. The Labute approximate surface area is 187 Å². The molecule has 0 spiro atoms. The van der Waals surface area contributed by atoms with Crippen molar-refractivity contribution in [3.8, 4) is 11.1 Å². The van der Waals surface area contributed by atoms with E-state index >= 15 is 0 Å². The fourth-order valence-corrected chi connectivity index (χ4v) is 5.84. The van der Waals surface area contributed by atoms with E-state index in [-0.39, 0.29) is 20.9 Å². The molecule has 4 rings (SSSR count). The van der Waals surface area contributed by atoms with E-state index in [1.54, 1.807) is 97.1 Å². The molecule has 0 aliphatic rings. The maximum atomic E-state index is 13.2. The molecule has 0 aliphatic carbocycles. The van der Waals surface area contributed by atoms with Gasteiger partial charge in [-0.3, -0.25) is 9.44 Å². The summed E-state index contributed by atoms with van der Waals surface area (Å²) >= 11 is 0. The first kappa shape index (κ1) is 21.6. The number of hydrogen-bond acceptors (Lipinski definition) is 4. The van der Waals surface area contributed by atoms with Crippen LogP contribution in [0, 0.1) is 0 Å². The van der Waals surface area contributed by atoms with E-state index in [1.165, 1.54) is 12.1 Å². The minimum atomic E-state index is -3.98. The zero-order valence-electron chi connectivity index (χ0n) is 16.8. The predicted octanol–water partition coefficient (Wildman–Crippen LogP) is 4.96. The van der Waals surface area contributed by atoms with Gasteiger partial charge in [0, 0.05) is 22.5 Å². The van der Waals surface area contributed by atoms with Gasteiger partial charge in [0.05, 0.1) is 9.79 Å². The molecule has 6 nitrogen and oxygen atoms in total. The quantitative estimate of drug-likeness (QED) is 0.405. The van der Waals surface area contributed by atoms with Crippen molar-refractivity contribution in [2.24, 2.45) is 0 Å². The highest BCUT2D eigenvalue weighted by molar-refractivity contribution is 7.93. The van der Waals surface area contributed by atoms with E-state index in [2.05, 4.69) is 9.44 Å². The first-order chi connectivity index (χ1) is 15.4. The largest absolute Gasteiger partial charge is 0.280 e. The summed E-state index contributed by atoms with van der Waals surface area (Å²) in [6.07, 6.45) is 0. The molecule has 0 heterocycles. The fourth-order valence-electron chi connectivity index (χ4n) is 3.28. The first-order valence-electron chi connectivity index (χ1n) is 9.71. The van der Waals surface area contributed by atoms with Gasteiger partial charge in [0.2, 0.25) is 0 Å². The Kier molecular flexibility index (Phi) is 5.98. The van der Waals surface area contributed by atoms with E-state index in [4.69, 9.17) is 0 Å². The second-order valence-electron chi connectivity index (χ2n) is 6.94. The zero-order chi connectivity index (χ0) is 22.6. The van der Waals surface area contributed by atoms with Gasteiger partial charge in [-0.2, -0.15) is 0 Å². The summed E-state index contributed by atoms with van der Waals surface area (Å²) in [6, 6.07) is 29.7. The molecule has 0 radical (unpaired) electrons. The topological polar surface area (TPSA) is 92.3 Å². The Bertz CT molecular complexity index is 1320. The molecule has 4 aromatic carbocycles. The lowest BCUT2D eigenvalue weighted by atomic mass is 10.1. The SMILES string of the molecule is O=S(=O)(Nc1ccccc1)c1ccccc1-c1ccccc1S(=O)(=O)Nc1ccccc1. The fraction of sp³-hybridized carbons (Fsp3) is 0. The lowest BCUT2D eigenvalue weighted by molar-refractivity contribution is 0.598. The third-order valence-corrected chi connectivity index (χ3v) is 7.57. The maximum Gasteiger partial charge on any atom is 0.262 e. The summed E-state index contributed by atoms with van der Waals surface area (Å²) in [6.45, 7) is 0. The molecule has 8 heteroatoms. The van der Waals surface area contributed by atoms with Crippen LogP contribution in [0.3, 0.4) is 0 Å². The maximum absolute atomic E-state index is 13.2. The molecule has 0 atom stereocenters. The van der Waals surface area contributed by atoms with E-state index in [0.717, 1.165) is 0 Å². The highest BCUT2D eigenvalue weighted by Gasteiger charge is 2.25. The Morgan fingerprint density at radius 3 is 1.09 bits per heavy atom. The van der Waals surface area contributed by atoms with Crippen molar-refractivity contribution in [2.75, 3.05) is 9.44 Å². The Morgan fingerprint density at radius 1 is 0.406 bits per heavy atom. The molecule has 0 fully saturated rings. The highest BCUT2D eigenvalue weighted by Crippen LogP contribution is 2.34. The summed E-state index contributed by atoms with van der Waals surface area (Å²) in [4.78, 5) is -0.0440. The van der Waals surface area contributed by atoms with Crippen LogP contribution in [0.5, 0.6) is 0 Å². The van der Waals surface area contributed by atoms with Gasteiger partial charge in [-0.1, -0.05) is 72.8 Å². The van der Waals surface area contributed by atoms with Crippen molar-refractivity contribution in [1.29, 1.82) is 0 Å².